The van der Waals surface area contributed by atoms with Crippen molar-refractivity contribution in [3.8, 4) is 0 Å². The summed E-state index contributed by atoms with van der Waals surface area (Å²) >= 11 is 3.37. The van der Waals surface area contributed by atoms with E-state index >= 15 is 0 Å². The maximum atomic E-state index is 12.5. The molecule has 1 amide bonds. The fraction of sp³-hybridized carbons (Fsp3) is 0.167. The molecule has 0 saturated carbocycles. The zero-order valence-electron chi connectivity index (χ0n) is 12.9. The SMILES string of the molecule is CC(=O)C1=C(O)C(=O)N(Cc2cccnc2)C1c1ccc(Br)cc1. The number of aromatic nitrogens is 1. The van der Waals surface area contributed by atoms with Gasteiger partial charge in [0.2, 0.25) is 0 Å². The molecule has 1 unspecified atom stereocenters. The Hall–Kier alpha value is -2.47. The van der Waals surface area contributed by atoms with Crippen molar-refractivity contribution in [2.75, 3.05) is 0 Å². The van der Waals surface area contributed by atoms with Crippen LogP contribution >= 0.6 is 15.9 Å². The summed E-state index contributed by atoms with van der Waals surface area (Å²) in [6.45, 7) is 1.62. The Morgan fingerprint density at radius 3 is 2.58 bits per heavy atom. The Morgan fingerprint density at radius 2 is 2.00 bits per heavy atom. The molecule has 1 aromatic carbocycles. The minimum atomic E-state index is -0.608. The molecule has 0 radical (unpaired) electrons. The van der Waals surface area contributed by atoms with Crippen LogP contribution in [0.25, 0.3) is 0 Å². The van der Waals surface area contributed by atoms with Gasteiger partial charge in [-0.25, -0.2) is 0 Å². The van der Waals surface area contributed by atoms with Crippen LogP contribution in [0.2, 0.25) is 0 Å². The van der Waals surface area contributed by atoms with Crippen LogP contribution in [0.3, 0.4) is 0 Å². The molecule has 1 aliphatic rings. The molecular formula is C18H15BrN2O3. The van der Waals surface area contributed by atoms with E-state index in [1.54, 1.807) is 18.5 Å². The summed E-state index contributed by atoms with van der Waals surface area (Å²) < 4.78 is 0.895. The van der Waals surface area contributed by atoms with Crippen molar-refractivity contribution in [1.29, 1.82) is 0 Å². The fourth-order valence-electron chi connectivity index (χ4n) is 2.86. The quantitative estimate of drug-likeness (QED) is 0.874. The number of halogens is 1. The first-order valence-electron chi connectivity index (χ1n) is 7.38. The summed E-state index contributed by atoms with van der Waals surface area (Å²) in [4.78, 5) is 30.1. The molecule has 0 saturated heterocycles. The maximum absolute atomic E-state index is 12.5. The van der Waals surface area contributed by atoms with Crippen LogP contribution in [0.15, 0.2) is 64.6 Å². The van der Waals surface area contributed by atoms with Crippen molar-refractivity contribution < 1.29 is 14.7 Å². The van der Waals surface area contributed by atoms with Gasteiger partial charge in [-0.3, -0.25) is 14.6 Å². The molecule has 1 aromatic heterocycles. The lowest BCUT2D eigenvalue weighted by atomic mass is 9.96. The predicted octanol–water partition coefficient (Wildman–Crippen LogP) is 3.33. The molecule has 1 atom stereocenters. The van der Waals surface area contributed by atoms with Crippen molar-refractivity contribution >= 4 is 27.6 Å². The van der Waals surface area contributed by atoms with Crippen molar-refractivity contribution in [1.82, 2.24) is 9.88 Å². The minimum Gasteiger partial charge on any atom is -0.503 e. The number of carbonyl (C=O) groups is 2. The smallest absolute Gasteiger partial charge is 0.290 e. The summed E-state index contributed by atoms with van der Waals surface area (Å²) in [5.74, 6) is -1.33. The number of hydrogen-bond acceptors (Lipinski definition) is 4. The molecule has 0 bridgehead atoms. The van der Waals surface area contributed by atoms with Gasteiger partial charge in [-0.05, 0) is 36.2 Å². The minimum absolute atomic E-state index is 0.131. The Balaban J connectivity index is 2.04. The van der Waals surface area contributed by atoms with E-state index in [1.165, 1.54) is 11.8 Å². The van der Waals surface area contributed by atoms with Crippen LogP contribution in [-0.4, -0.2) is 26.7 Å². The monoisotopic (exact) mass is 386 g/mol. The van der Waals surface area contributed by atoms with Gasteiger partial charge >= 0.3 is 0 Å². The van der Waals surface area contributed by atoms with Gasteiger partial charge < -0.3 is 10.0 Å². The zero-order valence-corrected chi connectivity index (χ0v) is 14.5. The molecule has 2 aromatic rings. The lowest BCUT2D eigenvalue weighted by Crippen LogP contribution is -2.30. The Labute approximate surface area is 147 Å². The van der Waals surface area contributed by atoms with Crippen LogP contribution in [0, 0.1) is 0 Å². The number of hydrogen-bond donors (Lipinski definition) is 1. The first-order chi connectivity index (χ1) is 11.5. The third kappa shape index (κ3) is 2.97. The van der Waals surface area contributed by atoms with E-state index < -0.39 is 17.7 Å². The number of ketones is 1. The molecule has 5 nitrogen and oxygen atoms in total. The lowest BCUT2D eigenvalue weighted by molar-refractivity contribution is -0.130. The van der Waals surface area contributed by atoms with E-state index in [0.717, 1.165) is 15.6 Å². The van der Waals surface area contributed by atoms with Crippen molar-refractivity contribution in [2.24, 2.45) is 0 Å². The van der Waals surface area contributed by atoms with Crippen LogP contribution in [-0.2, 0) is 16.1 Å². The normalized spacial score (nSPS) is 17.5. The van der Waals surface area contributed by atoms with Gasteiger partial charge in [0.15, 0.2) is 11.5 Å². The summed E-state index contributed by atoms with van der Waals surface area (Å²) in [6.07, 6.45) is 3.31. The third-order valence-corrected chi connectivity index (χ3v) is 4.47. The first-order valence-corrected chi connectivity index (χ1v) is 8.17. The zero-order chi connectivity index (χ0) is 17.3. The molecule has 0 aliphatic carbocycles. The van der Waals surface area contributed by atoms with Gasteiger partial charge in [-0.2, -0.15) is 0 Å². The number of aliphatic hydroxyl groups excluding tert-OH is 1. The van der Waals surface area contributed by atoms with Gasteiger partial charge in [0.05, 0.1) is 11.6 Å². The van der Waals surface area contributed by atoms with Crippen molar-refractivity contribution in [2.45, 2.75) is 19.5 Å². The third-order valence-electron chi connectivity index (χ3n) is 3.94. The predicted molar refractivity (Wildman–Crippen MR) is 92.0 cm³/mol. The molecule has 0 fully saturated rings. The van der Waals surface area contributed by atoms with Crippen LogP contribution in [0.4, 0.5) is 0 Å². The Bertz CT molecular complexity index is 816. The molecule has 2 heterocycles. The van der Waals surface area contributed by atoms with E-state index in [4.69, 9.17) is 0 Å². The Kier molecular flexibility index (Phi) is 4.49. The highest BCUT2D eigenvalue weighted by Crippen LogP contribution is 2.38. The molecule has 1 N–H and O–H groups in total. The van der Waals surface area contributed by atoms with E-state index in [1.807, 2.05) is 30.3 Å². The number of benzene rings is 1. The van der Waals surface area contributed by atoms with Crippen LogP contribution in [0.5, 0.6) is 0 Å². The van der Waals surface area contributed by atoms with Crippen LogP contribution in [0.1, 0.15) is 24.1 Å². The molecule has 122 valence electrons. The average molecular weight is 387 g/mol. The van der Waals surface area contributed by atoms with E-state index in [0.29, 0.717) is 0 Å². The largest absolute Gasteiger partial charge is 0.503 e. The molecular weight excluding hydrogens is 372 g/mol. The maximum Gasteiger partial charge on any atom is 0.290 e. The molecule has 24 heavy (non-hydrogen) atoms. The number of pyridine rings is 1. The van der Waals surface area contributed by atoms with Crippen molar-refractivity contribution in [3.63, 3.8) is 0 Å². The fourth-order valence-corrected chi connectivity index (χ4v) is 3.12. The summed E-state index contributed by atoms with van der Waals surface area (Å²) in [5, 5.41) is 10.2. The standard InChI is InChI=1S/C18H15BrN2O3/c1-11(22)15-16(13-4-6-14(19)7-5-13)21(18(24)17(15)23)10-12-3-2-8-20-9-12/h2-9,16,23H,10H2,1H3. The van der Waals surface area contributed by atoms with E-state index in [-0.39, 0.29) is 17.9 Å². The Morgan fingerprint density at radius 1 is 1.29 bits per heavy atom. The van der Waals surface area contributed by atoms with E-state index in [2.05, 4.69) is 20.9 Å². The summed E-state index contributed by atoms with van der Waals surface area (Å²) in [5.41, 5.74) is 1.72. The topological polar surface area (TPSA) is 70.5 Å². The highest BCUT2D eigenvalue weighted by molar-refractivity contribution is 9.10. The molecule has 0 spiro atoms. The number of nitrogens with zero attached hydrogens (tertiary/aromatic N) is 2. The van der Waals surface area contributed by atoms with Gasteiger partial charge in [-0.15, -0.1) is 0 Å². The van der Waals surface area contributed by atoms with E-state index in [9.17, 15) is 14.7 Å². The second-order valence-corrected chi connectivity index (χ2v) is 6.48. The van der Waals surface area contributed by atoms with Gasteiger partial charge in [-0.1, -0.05) is 34.1 Å². The summed E-state index contributed by atoms with van der Waals surface area (Å²) in [7, 11) is 0. The number of rotatable bonds is 4. The van der Waals surface area contributed by atoms with Crippen LogP contribution < -0.4 is 0 Å². The second kappa shape index (κ2) is 6.57. The number of Topliss-reactive ketones (excluding diaryl/α,β-unsaturated/α-hetero) is 1. The molecule has 3 rings (SSSR count). The first kappa shape index (κ1) is 16.4. The average Bonchev–Trinajstić information content (AvgIpc) is 2.82. The van der Waals surface area contributed by atoms with Gasteiger partial charge in [0.1, 0.15) is 0 Å². The summed E-state index contributed by atoms with van der Waals surface area (Å²) in [6, 6.07) is 10.4. The van der Waals surface area contributed by atoms with Gasteiger partial charge in [0.25, 0.3) is 5.91 Å². The number of amides is 1. The van der Waals surface area contributed by atoms with Crippen molar-refractivity contribution in [3.05, 3.63) is 75.7 Å². The number of carbonyl (C=O) groups excluding carboxylic acids is 2. The number of aliphatic hydroxyl groups is 1. The second-order valence-electron chi connectivity index (χ2n) is 5.57. The van der Waals surface area contributed by atoms with Gasteiger partial charge in [0, 0.05) is 23.4 Å². The molecule has 1 aliphatic heterocycles. The molecule has 6 heteroatoms. The highest BCUT2D eigenvalue weighted by Gasteiger charge is 2.42. The highest BCUT2D eigenvalue weighted by atomic mass is 79.9. The lowest BCUT2D eigenvalue weighted by Gasteiger charge is -2.26.